The Hall–Kier alpha value is -1.69. The molecule has 2 rings (SSSR count). The van der Waals surface area contributed by atoms with Crippen LogP contribution in [-0.2, 0) is 6.61 Å². The summed E-state index contributed by atoms with van der Waals surface area (Å²) in [7, 11) is 0. The van der Waals surface area contributed by atoms with Crippen LogP contribution in [0, 0.1) is 6.57 Å². The van der Waals surface area contributed by atoms with Gasteiger partial charge in [-0.3, -0.25) is 0 Å². The summed E-state index contributed by atoms with van der Waals surface area (Å²) in [6.45, 7) is 7.30. The molecule has 0 saturated carbocycles. The van der Waals surface area contributed by atoms with Crippen LogP contribution < -0.4 is 4.74 Å². The highest BCUT2D eigenvalue weighted by Gasteiger charge is 2.05. The van der Waals surface area contributed by atoms with Gasteiger partial charge in [-0.2, -0.15) is 0 Å². The van der Waals surface area contributed by atoms with Gasteiger partial charge in [0.25, 0.3) is 0 Å². The van der Waals surface area contributed by atoms with E-state index in [1.54, 1.807) is 30.3 Å². The molecule has 0 spiro atoms. The Morgan fingerprint density at radius 2 is 1.89 bits per heavy atom. The Balaban J connectivity index is 2.12. The third-order valence-electron chi connectivity index (χ3n) is 2.35. The molecule has 90 valence electrons. The van der Waals surface area contributed by atoms with Gasteiger partial charge in [0.15, 0.2) is 5.69 Å². The highest BCUT2D eigenvalue weighted by Crippen LogP contribution is 2.32. The van der Waals surface area contributed by atoms with E-state index in [9.17, 15) is 0 Å². The average molecular weight is 278 g/mol. The van der Waals surface area contributed by atoms with Crippen molar-refractivity contribution >= 4 is 28.9 Å². The van der Waals surface area contributed by atoms with Gasteiger partial charge in [0.05, 0.1) is 11.6 Å². The van der Waals surface area contributed by atoms with Gasteiger partial charge in [-0.25, -0.2) is 4.85 Å². The number of halogens is 2. The van der Waals surface area contributed by atoms with Gasteiger partial charge in [0.2, 0.25) is 0 Å². The molecule has 0 aliphatic heterocycles. The second-order valence-corrected chi connectivity index (χ2v) is 4.41. The standard InChI is InChI=1S/C14H9Cl2NO/c1-17-11-5-2-4-10(8-11)9-18-13-7-3-6-12(15)14(13)16/h2-8H,9H2. The summed E-state index contributed by atoms with van der Waals surface area (Å²) in [6, 6.07) is 12.5. The molecular weight excluding hydrogens is 269 g/mol. The van der Waals surface area contributed by atoms with Crippen molar-refractivity contribution in [2.24, 2.45) is 0 Å². The minimum atomic E-state index is 0.351. The van der Waals surface area contributed by atoms with Crippen LogP contribution in [0.5, 0.6) is 5.75 Å². The van der Waals surface area contributed by atoms with Gasteiger partial charge in [0, 0.05) is 0 Å². The van der Waals surface area contributed by atoms with Crippen LogP contribution in [0.25, 0.3) is 4.85 Å². The molecule has 2 aromatic rings. The van der Waals surface area contributed by atoms with E-state index in [1.807, 2.05) is 12.1 Å². The fourth-order valence-electron chi connectivity index (χ4n) is 1.47. The van der Waals surface area contributed by atoms with Gasteiger partial charge >= 0.3 is 0 Å². The third kappa shape index (κ3) is 2.95. The van der Waals surface area contributed by atoms with Gasteiger partial charge in [-0.15, -0.1) is 0 Å². The third-order valence-corrected chi connectivity index (χ3v) is 3.15. The molecule has 0 amide bonds. The molecule has 4 heteroatoms. The number of hydrogen-bond acceptors (Lipinski definition) is 1. The second kappa shape index (κ2) is 5.77. The Labute approximate surface area is 116 Å². The zero-order valence-corrected chi connectivity index (χ0v) is 10.9. The van der Waals surface area contributed by atoms with E-state index in [-0.39, 0.29) is 0 Å². The first-order chi connectivity index (χ1) is 8.70. The molecule has 2 nitrogen and oxygen atoms in total. The zero-order valence-electron chi connectivity index (χ0n) is 9.36. The molecule has 0 aliphatic carbocycles. The Morgan fingerprint density at radius 1 is 1.11 bits per heavy atom. The first-order valence-corrected chi connectivity index (χ1v) is 5.99. The lowest BCUT2D eigenvalue weighted by Gasteiger charge is -2.09. The van der Waals surface area contributed by atoms with Crippen molar-refractivity contribution < 1.29 is 4.74 Å². The molecule has 0 N–H and O–H groups in total. The van der Waals surface area contributed by atoms with Crippen molar-refractivity contribution in [3.63, 3.8) is 0 Å². The van der Waals surface area contributed by atoms with Gasteiger partial charge < -0.3 is 4.74 Å². The minimum absolute atomic E-state index is 0.351. The number of nitrogens with zero attached hydrogens (tertiary/aromatic N) is 1. The normalized spacial score (nSPS) is 9.83. The van der Waals surface area contributed by atoms with Crippen molar-refractivity contribution in [3.8, 4) is 5.75 Å². The van der Waals surface area contributed by atoms with E-state index in [1.165, 1.54) is 0 Å². The molecule has 18 heavy (non-hydrogen) atoms. The quantitative estimate of drug-likeness (QED) is 0.710. The summed E-state index contributed by atoms with van der Waals surface area (Å²) >= 11 is 11.9. The molecule has 0 bridgehead atoms. The zero-order chi connectivity index (χ0) is 13.0. The van der Waals surface area contributed by atoms with Crippen LogP contribution >= 0.6 is 23.2 Å². The summed E-state index contributed by atoms with van der Waals surface area (Å²) < 4.78 is 5.58. The Kier molecular flexibility index (Phi) is 4.09. The van der Waals surface area contributed by atoms with Crippen LogP contribution in [0.1, 0.15) is 5.56 Å². The van der Waals surface area contributed by atoms with Crippen LogP contribution in [0.4, 0.5) is 5.69 Å². The number of ether oxygens (including phenoxy) is 1. The summed E-state index contributed by atoms with van der Waals surface area (Å²) in [5.74, 6) is 0.539. The molecule has 0 aliphatic rings. The van der Waals surface area contributed by atoms with Crippen molar-refractivity contribution in [1.29, 1.82) is 0 Å². The number of benzene rings is 2. The first kappa shape index (κ1) is 12.8. The highest BCUT2D eigenvalue weighted by atomic mass is 35.5. The lowest BCUT2D eigenvalue weighted by molar-refractivity contribution is 0.306. The van der Waals surface area contributed by atoms with Gasteiger partial charge in [-0.05, 0) is 23.8 Å². The van der Waals surface area contributed by atoms with Crippen LogP contribution in [0.15, 0.2) is 42.5 Å². The van der Waals surface area contributed by atoms with Crippen molar-refractivity contribution in [2.75, 3.05) is 0 Å². The largest absolute Gasteiger partial charge is 0.487 e. The summed E-state index contributed by atoms with van der Waals surface area (Å²) in [5.41, 5.74) is 1.51. The van der Waals surface area contributed by atoms with Crippen molar-refractivity contribution in [1.82, 2.24) is 0 Å². The van der Waals surface area contributed by atoms with E-state index >= 15 is 0 Å². The second-order valence-electron chi connectivity index (χ2n) is 3.62. The first-order valence-electron chi connectivity index (χ1n) is 5.24. The minimum Gasteiger partial charge on any atom is -0.487 e. The number of rotatable bonds is 3. The maximum Gasteiger partial charge on any atom is 0.187 e. The SMILES string of the molecule is [C-]#[N+]c1cccc(COc2cccc(Cl)c2Cl)c1. The van der Waals surface area contributed by atoms with E-state index in [2.05, 4.69) is 4.85 Å². The summed E-state index contributed by atoms with van der Waals surface area (Å²) in [5, 5.41) is 0.865. The molecular formula is C14H9Cl2NO. The van der Waals surface area contributed by atoms with Crippen LogP contribution in [0.3, 0.4) is 0 Å². The molecule has 0 fully saturated rings. The van der Waals surface area contributed by atoms with Crippen LogP contribution in [0.2, 0.25) is 10.0 Å². The predicted octanol–water partition coefficient (Wildman–Crippen LogP) is 5.12. The van der Waals surface area contributed by atoms with Gasteiger partial charge in [0.1, 0.15) is 17.4 Å². The maximum absolute atomic E-state index is 6.94. The Bertz CT molecular complexity index is 605. The molecule has 0 saturated heterocycles. The van der Waals surface area contributed by atoms with Crippen molar-refractivity contribution in [2.45, 2.75) is 6.61 Å². The Morgan fingerprint density at radius 3 is 2.67 bits per heavy atom. The highest BCUT2D eigenvalue weighted by molar-refractivity contribution is 6.42. The maximum atomic E-state index is 6.94. The molecule has 0 heterocycles. The lowest BCUT2D eigenvalue weighted by Crippen LogP contribution is -1.95. The topological polar surface area (TPSA) is 13.6 Å². The molecule has 0 atom stereocenters. The molecule has 0 aromatic heterocycles. The number of hydrogen-bond donors (Lipinski definition) is 0. The molecule has 2 aromatic carbocycles. The summed E-state index contributed by atoms with van der Waals surface area (Å²) in [6.07, 6.45) is 0. The van der Waals surface area contributed by atoms with Gasteiger partial charge in [-0.1, -0.05) is 47.5 Å². The van der Waals surface area contributed by atoms with E-state index in [0.717, 1.165) is 5.56 Å². The fourth-order valence-corrected chi connectivity index (χ4v) is 1.82. The molecule has 0 radical (unpaired) electrons. The van der Waals surface area contributed by atoms with Crippen LogP contribution in [-0.4, -0.2) is 0 Å². The van der Waals surface area contributed by atoms with E-state index in [0.29, 0.717) is 28.1 Å². The smallest absolute Gasteiger partial charge is 0.187 e. The van der Waals surface area contributed by atoms with Crippen molar-refractivity contribution in [3.05, 3.63) is 69.5 Å². The average Bonchev–Trinajstić information content (AvgIpc) is 2.41. The predicted molar refractivity (Wildman–Crippen MR) is 73.5 cm³/mol. The lowest BCUT2D eigenvalue weighted by atomic mass is 10.2. The summed E-state index contributed by atoms with van der Waals surface area (Å²) in [4.78, 5) is 3.37. The monoisotopic (exact) mass is 277 g/mol. The fraction of sp³-hybridized carbons (Fsp3) is 0.0714. The van der Waals surface area contributed by atoms with E-state index in [4.69, 9.17) is 34.5 Å². The van der Waals surface area contributed by atoms with E-state index < -0.39 is 0 Å². The molecule has 0 unspecified atom stereocenters.